The highest BCUT2D eigenvalue weighted by atomic mass is 79.9. The second-order valence-electron chi connectivity index (χ2n) is 3.98. The molecule has 1 rings (SSSR count). The van der Waals surface area contributed by atoms with Gasteiger partial charge < -0.3 is 11.1 Å². The third-order valence-corrected chi connectivity index (χ3v) is 3.11. The number of hydrogen-bond acceptors (Lipinski definition) is 2. The van der Waals surface area contributed by atoms with E-state index in [0.717, 1.165) is 4.47 Å². The summed E-state index contributed by atoms with van der Waals surface area (Å²) in [5.74, 6) is -0.409. The summed E-state index contributed by atoms with van der Waals surface area (Å²) in [6.45, 7) is 4.49. The molecule has 0 aromatic heterocycles. The summed E-state index contributed by atoms with van der Waals surface area (Å²) in [7, 11) is 0. The lowest BCUT2D eigenvalue weighted by molar-refractivity contribution is -0.121. The Kier molecular flexibility index (Phi) is 4.96. The monoisotopic (exact) mass is 284 g/mol. The van der Waals surface area contributed by atoms with Gasteiger partial charge in [-0.05, 0) is 24.6 Å². The molecule has 1 aromatic carbocycles. The highest BCUT2D eigenvalue weighted by molar-refractivity contribution is 9.10. The van der Waals surface area contributed by atoms with Crippen LogP contribution in [0.3, 0.4) is 0 Å². The molecule has 0 saturated heterocycles. The van der Waals surface area contributed by atoms with Gasteiger partial charge in [0.15, 0.2) is 0 Å². The van der Waals surface area contributed by atoms with Crippen LogP contribution in [0.1, 0.15) is 25.5 Å². The number of carbonyl (C=O) groups excluding carboxylic acids is 1. The predicted octanol–water partition coefficient (Wildman–Crippen LogP) is 2.22. The first kappa shape index (κ1) is 13.2. The number of rotatable bonds is 5. The highest BCUT2D eigenvalue weighted by Gasteiger charge is 2.10. The van der Waals surface area contributed by atoms with Gasteiger partial charge in [-0.3, -0.25) is 4.79 Å². The summed E-state index contributed by atoms with van der Waals surface area (Å²) in [5, 5.41) is 3.28. The van der Waals surface area contributed by atoms with E-state index >= 15 is 0 Å². The molecule has 1 unspecified atom stereocenters. The van der Waals surface area contributed by atoms with Crippen molar-refractivity contribution in [2.45, 2.75) is 19.9 Å². The largest absolute Gasteiger partial charge is 0.369 e. The zero-order valence-electron chi connectivity index (χ0n) is 9.53. The Bertz CT molecular complexity index is 351. The second kappa shape index (κ2) is 6.01. The molecule has 4 heteroatoms. The molecular formula is C12H17BrN2O. The number of primary amides is 1. The minimum Gasteiger partial charge on any atom is -0.369 e. The van der Waals surface area contributed by atoms with Gasteiger partial charge in [-0.15, -0.1) is 0 Å². The lowest BCUT2D eigenvalue weighted by Crippen LogP contribution is -2.32. The van der Waals surface area contributed by atoms with Crippen LogP contribution in [-0.4, -0.2) is 12.5 Å². The van der Waals surface area contributed by atoms with Crippen LogP contribution in [0, 0.1) is 5.92 Å². The molecular weight excluding hydrogens is 268 g/mol. The molecule has 0 saturated carbocycles. The van der Waals surface area contributed by atoms with Crippen molar-refractivity contribution < 1.29 is 4.79 Å². The summed E-state index contributed by atoms with van der Waals surface area (Å²) >= 11 is 3.39. The van der Waals surface area contributed by atoms with Crippen LogP contribution in [0.25, 0.3) is 0 Å². The van der Waals surface area contributed by atoms with Crippen molar-refractivity contribution in [2.75, 3.05) is 6.54 Å². The van der Waals surface area contributed by atoms with Crippen LogP contribution < -0.4 is 11.1 Å². The van der Waals surface area contributed by atoms with E-state index in [4.69, 9.17) is 5.73 Å². The van der Waals surface area contributed by atoms with Gasteiger partial charge in [0.2, 0.25) is 5.91 Å². The number of amides is 1. The Morgan fingerprint density at radius 1 is 1.38 bits per heavy atom. The van der Waals surface area contributed by atoms with Crippen molar-refractivity contribution in [3.05, 3.63) is 34.3 Å². The van der Waals surface area contributed by atoms with Crippen molar-refractivity contribution in [2.24, 2.45) is 11.7 Å². The van der Waals surface area contributed by atoms with E-state index in [0.29, 0.717) is 6.54 Å². The smallest absolute Gasteiger partial charge is 0.221 e. The molecule has 0 radical (unpaired) electrons. The van der Waals surface area contributed by atoms with E-state index in [9.17, 15) is 4.79 Å². The molecule has 0 aliphatic carbocycles. The third-order valence-electron chi connectivity index (χ3n) is 2.59. The summed E-state index contributed by atoms with van der Waals surface area (Å²) in [6, 6.07) is 8.33. The third kappa shape index (κ3) is 3.94. The quantitative estimate of drug-likeness (QED) is 0.871. The maximum Gasteiger partial charge on any atom is 0.221 e. The van der Waals surface area contributed by atoms with Crippen molar-refractivity contribution in [1.29, 1.82) is 0 Å². The van der Waals surface area contributed by atoms with Gasteiger partial charge >= 0.3 is 0 Å². The first-order chi connectivity index (χ1) is 7.50. The van der Waals surface area contributed by atoms with Gasteiger partial charge in [-0.1, -0.05) is 35.0 Å². The van der Waals surface area contributed by atoms with E-state index in [1.54, 1.807) is 0 Å². The zero-order chi connectivity index (χ0) is 12.1. The van der Waals surface area contributed by atoms with Gasteiger partial charge in [0.1, 0.15) is 0 Å². The highest BCUT2D eigenvalue weighted by Crippen LogP contribution is 2.16. The molecule has 0 fully saturated rings. The van der Waals surface area contributed by atoms with Crippen LogP contribution >= 0.6 is 15.9 Å². The number of nitrogens with two attached hydrogens (primary N) is 1. The molecule has 1 aromatic rings. The second-order valence-corrected chi connectivity index (χ2v) is 4.90. The topological polar surface area (TPSA) is 55.1 Å². The Balaban J connectivity index is 2.49. The number of halogens is 1. The molecule has 3 nitrogen and oxygen atoms in total. The van der Waals surface area contributed by atoms with E-state index in [-0.39, 0.29) is 17.9 Å². The van der Waals surface area contributed by atoms with Gasteiger partial charge in [-0.2, -0.15) is 0 Å². The van der Waals surface area contributed by atoms with E-state index < -0.39 is 0 Å². The maximum absolute atomic E-state index is 10.9. The molecule has 16 heavy (non-hydrogen) atoms. The minimum absolute atomic E-state index is 0.141. The summed E-state index contributed by atoms with van der Waals surface area (Å²) < 4.78 is 1.06. The van der Waals surface area contributed by atoms with Crippen molar-refractivity contribution in [1.82, 2.24) is 5.32 Å². The molecule has 2 atom stereocenters. The normalized spacial score (nSPS) is 14.4. The van der Waals surface area contributed by atoms with E-state index in [1.165, 1.54) is 5.56 Å². The first-order valence-electron chi connectivity index (χ1n) is 5.29. The van der Waals surface area contributed by atoms with Gasteiger partial charge in [0.05, 0.1) is 0 Å². The fraction of sp³-hybridized carbons (Fsp3) is 0.417. The molecule has 0 aliphatic heterocycles. The van der Waals surface area contributed by atoms with Crippen molar-refractivity contribution >= 4 is 21.8 Å². The molecule has 0 spiro atoms. The molecule has 0 bridgehead atoms. The van der Waals surface area contributed by atoms with E-state index in [1.807, 2.05) is 19.1 Å². The lowest BCUT2D eigenvalue weighted by atomic mass is 10.1. The van der Waals surface area contributed by atoms with Crippen molar-refractivity contribution in [3.63, 3.8) is 0 Å². The average Bonchev–Trinajstić information content (AvgIpc) is 2.26. The average molecular weight is 285 g/mol. The molecule has 0 heterocycles. The van der Waals surface area contributed by atoms with Crippen LogP contribution in [0.15, 0.2) is 28.7 Å². The Morgan fingerprint density at radius 3 is 2.44 bits per heavy atom. The van der Waals surface area contributed by atoms with Crippen LogP contribution in [0.5, 0.6) is 0 Å². The van der Waals surface area contributed by atoms with Gasteiger partial charge in [-0.25, -0.2) is 0 Å². The fourth-order valence-corrected chi connectivity index (χ4v) is 1.59. The fourth-order valence-electron chi connectivity index (χ4n) is 1.32. The lowest BCUT2D eigenvalue weighted by Gasteiger charge is -2.16. The summed E-state index contributed by atoms with van der Waals surface area (Å²) in [6.07, 6.45) is 0. The van der Waals surface area contributed by atoms with Gasteiger partial charge in [0.25, 0.3) is 0 Å². The number of carbonyl (C=O) groups is 1. The number of nitrogens with one attached hydrogen (secondary N) is 1. The number of hydrogen-bond donors (Lipinski definition) is 2. The predicted molar refractivity (Wildman–Crippen MR) is 68.9 cm³/mol. The first-order valence-corrected chi connectivity index (χ1v) is 6.08. The maximum atomic E-state index is 10.9. The Labute approximate surface area is 105 Å². The van der Waals surface area contributed by atoms with Crippen LogP contribution in [-0.2, 0) is 4.79 Å². The summed E-state index contributed by atoms with van der Waals surface area (Å²) in [4.78, 5) is 10.9. The Morgan fingerprint density at radius 2 is 1.94 bits per heavy atom. The summed E-state index contributed by atoms with van der Waals surface area (Å²) in [5.41, 5.74) is 6.39. The van der Waals surface area contributed by atoms with E-state index in [2.05, 4.69) is 40.3 Å². The Hall–Kier alpha value is -0.870. The van der Waals surface area contributed by atoms with Gasteiger partial charge in [0, 0.05) is 23.0 Å². The van der Waals surface area contributed by atoms with Crippen molar-refractivity contribution in [3.8, 4) is 0 Å². The molecule has 1 amide bonds. The number of benzene rings is 1. The zero-order valence-corrected chi connectivity index (χ0v) is 11.1. The molecule has 0 aliphatic rings. The molecule has 88 valence electrons. The molecule has 3 N–H and O–H groups in total. The SMILES string of the molecule is CC(CN[C@H](C)c1ccc(Br)cc1)C(N)=O. The standard InChI is InChI=1S/C12H17BrN2O/c1-8(12(14)16)7-15-9(2)10-3-5-11(13)6-4-10/h3-6,8-9,15H,7H2,1-2H3,(H2,14,16)/t8?,9-/m1/s1. The van der Waals surface area contributed by atoms with Crippen LogP contribution in [0.2, 0.25) is 0 Å². The minimum atomic E-state index is -0.268. The van der Waals surface area contributed by atoms with Crippen LogP contribution in [0.4, 0.5) is 0 Å².